The minimum atomic E-state index is -4.60. The van der Waals surface area contributed by atoms with Gasteiger partial charge in [0, 0.05) is 40.8 Å². The van der Waals surface area contributed by atoms with E-state index in [0.29, 0.717) is 27.4 Å². The number of primary amides is 1. The molecule has 3 atom stereocenters. The lowest BCUT2D eigenvalue weighted by molar-refractivity contribution is -0.146. The topological polar surface area (TPSA) is 102 Å². The van der Waals surface area contributed by atoms with Crippen molar-refractivity contribution in [1.29, 1.82) is 0 Å². The highest BCUT2D eigenvalue weighted by molar-refractivity contribution is 6.32. The fraction of sp³-hybridized carbons (Fsp3) is 0.385. The SMILES string of the molecule is NC(=O)[C@@H](CCCF)[C@@H](CCC(F)(F)F)C(=O)N[C@H]1N=C(c2ccccc2)c2cccc(Cl)c2CC1=O. The molecule has 2 amide bonds. The molecule has 1 heterocycles. The number of carbonyl (C=O) groups excluding carboxylic acids is 3. The zero-order chi connectivity index (χ0) is 27.2. The number of halogens is 5. The summed E-state index contributed by atoms with van der Waals surface area (Å²) in [7, 11) is 0. The molecule has 11 heteroatoms. The number of nitrogens with two attached hydrogens (primary N) is 1. The number of rotatable bonds is 10. The number of alkyl halides is 4. The lowest BCUT2D eigenvalue weighted by Crippen LogP contribution is -2.47. The monoisotopic (exact) mass is 539 g/mol. The lowest BCUT2D eigenvalue weighted by atomic mass is 9.83. The minimum absolute atomic E-state index is 0.157. The van der Waals surface area contributed by atoms with Crippen LogP contribution < -0.4 is 11.1 Å². The van der Waals surface area contributed by atoms with Gasteiger partial charge >= 0.3 is 6.18 Å². The van der Waals surface area contributed by atoms with Crippen LogP contribution in [0.4, 0.5) is 17.6 Å². The second-order valence-corrected chi connectivity index (χ2v) is 9.17. The van der Waals surface area contributed by atoms with Crippen LogP contribution >= 0.6 is 11.6 Å². The number of hydrogen-bond acceptors (Lipinski definition) is 4. The number of hydrogen-bond donors (Lipinski definition) is 2. The third kappa shape index (κ3) is 7.38. The van der Waals surface area contributed by atoms with Gasteiger partial charge in [0.05, 0.1) is 12.4 Å². The van der Waals surface area contributed by atoms with Gasteiger partial charge in [0.1, 0.15) is 0 Å². The lowest BCUT2D eigenvalue weighted by Gasteiger charge is -2.26. The van der Waals surface area contributed by atoms with E-state index in [9.17, 15) is 31.9 Å². The van der Waals surface area contributed by atoms with Crippen LogP contribution in [0.5, 0.6) is 0 Å². The molecule has 6 nitrogen and oxygen atoms in total. The summed E-state index contributed by atoms with van der Waals surface area (Å²) in [6, 6.07) is 13.9. The predicted octanol–water partition coefficient (Wildman–Crippen LogP) is 4.55. The smallest absolute Gasteiger partial charge is 0.369 e. The van der Waals surface area contributed by atoms with Crippen molar-refractivity contribution in [2.45, 2.75) is 44.4 Å². The van der Waals surface area contributed by atoms with Gasteiger partial charge in [-0.25, -0.2) is 0 Å². The number of nitrogens with one attached hydrogen (secondary N) is 1. The van der Waals surface area contributed by atoms with Gasteiger partial charge in [-0.2, -0.15) is 13.2 Å². The Morgan fingerprint density at radius 3 is 2.41 bits per heavy atom. The molecular weight excluding hydrogens is 514 g/mol. The molecule has 1 aliphatic rings. The quantitative estimate of drug-likeness (QED) is 0.433. The fourth-order valence-corrected chi connectivity index (χ4v) is 4.60. The number of fused-ring (bicyclic) bond motifs is 1. The van der Waals surface area contributed by atoms with Gasteiger partial charge in [-0.1, -0.05) is 54.1 Å². The minimum Gasteiger partial charge on any atom is -0.369 e. The molecule has 0 spiro atoms. The van der Waals surface area contributed by atoms with Crippen LogP contribution in [0.1, 0.15) is 42.4 Å². The highest BCUT2D eigenvalue weighted by Gasteiger charge is 2.38. The Morgan fingerprint density at radius 2 is 1.78 bits per heavy atom. The van der Waals surface area contributed by atoms with E-state index in [0.717, 1.165) is 0 Å². The summed E-state index contributed by atoms with van der Waals surface area (Å²) >= 11 is 6.36. The molecule has 0 saturated carbocycles. The van der Waals surface area contributed by atoms with Crippen LogP contribution in [-0.4, -0.2) is 42.3 Å². The largest absolute Gasteiger partial charge is 0.389 e. The summed E-state index contributed by atoms with van der Waals surface area (Å²) in [5.41, 5.74) is 7.46. The average Bonchev–Trinajstić information content (AvgIpc) is 2.98. The summed E-state index contributed by atoms with van der Waals surface area (Å²) in [5.74, 6) is -5.41. The predicted molar refractivity (Wildman–Crippen MR) is 131 cm³/mol. The van der Waals surface area contributed by atoms with Crippen LogP contribution in [0, 0.1) is 11.8 Å². The first-order valence-electron chi connectivity index (χ1n) is 11.7. The van der Waals surface area contributed by atoms with Crippen molar-refractivity contribution < 1.29 is 31.9 Å². The van der Waals surface area contributed by atoms with E-state index in [1.165, 1.54) is 0 Å². The molecule has 0 aromatic heterocycles. The van der Waals surface area contributed by atoms with Crippen molar-refractivity contribution in [2.75, 3.05) is 6.67 Å². The number of benzene rings is 2. The Labute approximate surface area is 216 Å². The molecule has 3 N–H and O–H groups in total. The van der Waals surface area contributed by atoms with Gasteiger partial charge in [0.2, 0.25) is 11.8 Å². The van der Waals surface area contributed by atoms with Crippen LogP contribution in [-0.2, 0) is 20.8 Å². The molecule has 0 fully saturated rings. The summed E-state index contributed by atoms with van der Waals surface area (Å²) < 4.78 is 51.8. The number of carbonyl (C=O) groups is 3. The normalized spacial score (nSPS) is 17.3. The van der Waals surface area contributed by atoms with Gasteiger partial charge < -0.3 is 11.1 Å². The van der Waals surface area contributed by atoms with Gasteiger partial charge in [0.15, 0.2) is 11.9 Å². The maximum Gasteiger partial charge on any atom is 0.389 e. The summed E-state index contributed by atoms with van der Waals surface area (Å²) in [6.45, 7) is -0.831. The van der Waals surface area contributed by atoms with Crippen molar-refractivity contribution in [3.05, 3.63) is 70.2 Å². The zero-order valence-corrected chi connectivity index (χ0v) is 20.5. The van der Waals surface area contributed by atoms with Gasteiger partial charge in [0.25, 0.3) is 0 Å². The Bertz CT molecular complexity index is 1170. The number of amides is 2. The highest BCUT2D eigenvalue weighted by Crippen LogP contribution is 2.31. The van der Waals surface area contributed by atoms with E-state index in [1.54, 1.807) is 48.5 Å². The molecule has 3 rings (SSSR count). The van der Waals surface area contributed by atoms with Crippen molar-refractivity contribution in [1.82, 2.24) is 5.32 Å². The van der Waals surface area contributed by atoms with Crippen molar-refractivity contribution >= 4 is 34.9 Å². The van der Waals surface area contributed by atoms with Crippen molar-refractivity contribution in [2.24, 2.45) is 22.6 Å². The van der Waals surface area contributed by atoms with Gasteiger partial charge in [-0.05, 0) is 30.9 Å². The molecule has 0 unspecified atom stereocenters. The van der Waals surface area contributed by atoms with E-state index in [1.807, 2.05) is 0 Å². The second kappa shape index (κ2) is 12.3. The molecule has 2 aromatic carbocycles. The number of aliphatic imine (C=N–C) groups is 1. The number of nitrogens with zero attached hydrogens (tertiary/aromatic N) is 1. The Kier molecular flexibility index (Phi) is 9.42. The van der Waals surface area contributed by atoms with Crippen molar-refractivity contribution in [3.8, 4) is 0 Å². The van der Waals surface area contributed by atoms with E-state index in [-0.39, 0.29) is 19.3 Å². The number of Topliss-reactive ketones (excluding diaryl/α,β-unsaturated/α-hetero) is 1. The maximum absolute atomic E-state index is 13.3. The summed E-state index contributed by atoms with van der Waals surface area (Å²) in [5, 5.41) is 2.75. The Hall–Kier alpha value is -3.27. The average molecular weight is 540 g/mol. The van der Waals surface area contributed by atoms with Crippen LogP contribution in [0.15, 0.2) is 53.5 Å². The first kappa shape index (κ1) is 28.3. The van der Waals surface area contributed by atoms with Gasteiger partial charge in [-0.15, -0.1) is 0 Å². The molecular formula is C26H26ClF4N3O3. The third-order valence-electron chi connectivity index (χ3n) is 6.19. The molecule has 0 saturated heterocycles. The molecule has 2 aromatic rings. The first-order valence-corrected chi connectivity index (χ1v) is 12.1. The zero-order valence-electron chi connectivity index (χ0n) is 19.7. The van der Waals surface area contributed by atoms with E-state index >= 15 is 0 Å². The van der Waals surface area contributed by atoms with E-state index in [2.05, 4.69) is 10.3 Å². The Balaban J connectivity index is 1.99. The van der Waals surface area contributed by atoms with E-state index < -0.39 is 61.3 Å². The van der Waals surface area contributed by atoms with Crippen molar-refractivity contribution in [3.63, 3.8) is 0 Å². The molecule has 1 aliphatic heterocycles. The Morgan fingerprint density at radius 1 is 1.08 bits per heavy atom. The summed E-state index contributed by atoms with van der Waals surface area (Å²) in [6.07, 6.45) is -8.71. The molecule has 0 radical (unpaired) electrons. The highest BCUT2D eigenvalue weighted by atomic mass is 35.5. The van der Waals surface area contributed by atoms with E-state index in [4.69, 9.17) is 17.3 Å². The second-order valence-electron chi connectivity index (χ2n) is 8.76. The fourth-order valence-electron chi connectivity index (χ4n) is 4.36. The molecule has 0 bridgehead atoms. The van der Waals surface area contributed by atoms with Crippen LogP contribution in [0.2, 0.25) is 5.02 Å². The van der Waals surface area contributed by atoms with Crippen LogP contribution in [0.3, 0.4) is 0 Å². The standard InChI is InChI=1S/C26H26ClF4N3O3/c27-20-10-4-8-16-19(20)14-21(35)24(33-22(16)15-6-2-1-3-7-15)34-25(37)18(11-12-26(29,30)31)17(23(32)36)9-5-13-28/h1-4,6-8,10,17-18,24H,5,9,11-14H2,(H2,32,36)(H,34,37)/t17-,18+,24+/m0/s1. The number of ketones is 1. The molecule has 37 heavy (non-hydrogen) atoms. The molecule has 198 valence electrons. The summed E-state index contributed by atoms with van der Waals surface area (Å²) in [4.78, 5) is 42.9. The van der Waals surface area contributed by atoms with Crippen LogP contribution in [0.25, 0.3) is 0 Å². The first-order chi connectivity index (χ1) is 17.5. The van der Waals surface area contributed by atoms with Gasteiger partial charge in [-0.3, -0.25) is 23.8 Å². The molecule has 0 aliphatic carbocycles. The third-order valence-corrected chi connectivity index (χ3v) is 6.54. The maximum atomic E-state index is 13.3.